The summed E-state index contributed by atoms with van der Waals surface area (Å²) in [6, 6.07) is 0. The first-order valence-electron chi connectivity index (χ1n) is 4.80. The Hall–Kier alpha value is 0.823. The molecule has 0 amide bonds. The number of rotatable bonds is 8. The summed E-state index contributed by atoms with van der Waals surface area (Å²) in [5.41, 5.74) is 0. The van der Waals surface area contributed by atoms with Crippen LogP contribution >= 0.6 is 0 Å². The summed E-state index contributed by atoms with van der Waals surface area (Å²) in [7, 11) is -2.80. The molecule has 84 valence electrons. The smallest absolute Gasteiger partial charge is 1.00 e. The van der Waals surface area contributed by atoms with Crippen molar-refractivity contribution in [3.63, 3.8) is 0 Å². The molecule has 0 aromatic rings. The van der Waals surface area contributed by atoms with E-state index < -0.39 is 9.05 Å². The van der Waals surface area contributed by atoms with Crippen molar-refractivity contribution in [2.24, 2.45) is 0 Å². The molecule has 0 aliphatic heterocycles. The van der Waals surface area contributed by atoms with Crippen molar-refractivity contribution in [2.45, 2.75) is 27.7 Å². The van der Waals surface area contributed by atoms with Gasteiger partial charge in [0, 0.05) is 26.4 Å². The normalized spacial score (nSPS) is 11.1. The largest absolute Gasteiger partial charge is 2.00 e. The molecule has 0 radical (unpaired) electrons. The molecular weight excluding hydrogens is 212 g/mol. The van der Waals surface area contributed by atoms with Crippen molar-refractivity contribution in [1.29, 1.82) is 0 Å². The van der Waals surface area contributed by atoms with Crippen molar-refractivity contribution >= 4 is 32.1 Å². The van der Waals surface area contributed by atoms with E-state index in [1.807, 2.05) is 27.7 Å². The number of hydrogen-bond acceptors (Lipinski definition) is 4. The first-order chi connectivity index (χ1) is 6.24. The maximum atomic E-state index is 5.42. The van der Waals surface area contributed by atoms with E-state index in [4.69, 9.17) is 17.7 Å². The minimum Gasteiger partial charge on any atom is -1.00 e. The molecule has 4 nitrogen and oxygen atoms in total. The van der Waals surface area contributed by atoms with Crippen molar-refractivity contribution in [3.8, 4) is 0 Å². The molecule has 0 aliphatic rings. The Balaban J connectivity index is -0.000000240. The van der Waals surface area contributed by atoms with E-state index in [0.29, 0.717) is 26.4 Å². The Labute approximate surface area is 107 Å². The van der Waals surface area contributed by atoms with Gasteiger partial charge in [-0.2, -0.15) is 0 Å². The van der Waals surface area contributed by atoms with E-state index in [1.165, 1.54) is 0 Å². The first kappa shape index (κ1) is 17.2. The average Bonchev–Trinajstić information content (AvgIpc) is 2.06. The minimum absolute atomic E-state index is 0. The third-order valence-electron chi connectivity index (χ3n) is 1.28. The van der Waals surface area contributed by atoms with E-state index in [2.05, 4.69) is 0 Å². The SMILES string of the molecule is CCO[Si](OCC)(OCC)OCC.[H-].[H-].[Mg+2]. The van der Waals surface area contributed by atoms with Crippen LogP contribution in [0.15, 0.2) is 0 Å². The molecule has 0 N–H and O–H groups in total. The molecule has 0 aromatic carbocycles. The van der Waals surface area contributed by atoms with E-state index in [1.54, 1.807) is 0 Å². The summed E-state index contributed by atoms with van der Waals surface area (Å²) >= 11 is 0. The Morgan fingerprint density at radius 3 is 1.07 bits per heavy atom. The van der Waals surface area contributed by atoms with Crippen LogP contribution in [0.2, 0.25) is 0 Å². The van der Waals surface area contributed by atoms with Gasteiger partial charge >= 0.3 is 32.1 Å². The maximum Gasteiger partial charge on any atom is 2.00 e. The molecule has 0 spiro atoms. The van der Waals surface area contributed by atoms with Crippen LogP contribution in [0.1, 0.15) is 30.5 Å². The second-order valence-corrected chi connectivity index (χ2v) is 4.39. The monoisotopic (exact) mass is 234 g/mol. The van der Waals surface area contributed by atoms with Crippen molar-refractivity contribution < 1.29 is 20.6 Å². The Morgan fingerprint density at radius 2 is 0.929 bits per heavy atom. The third kappa shape index (κ3) is 6.33. The van der Waals surface area contributed by atoms with E-state index in [0.717, 1.165) is 0 Å². The molecule has 0 unspecified atom stereocenters. The molecule has 0 heterocycles. The summed E-state index contributed by atoms with van der Waals surface area (Å²) in [5, 5.41) is 0. The van der Waals surface area contributed by atoms with Gasteiger partial charge in [-0.3, -0.25) is 0 Å². The predicted octanol–water partition coefficient (Wildman–Crippen LogP) is 1.41. The molecule has 0 fully saturated rings. The van der Waals surface area contributed by atoms with Crippen LogP contribution in [0.3, 0.4) is 0 Å². The van der Waals surface area contributed by atoms with Gasteiger partial charge < -0.3 is 20.6 Å². The van der Waals surface area contributed by atoms with Crippen LogP contribution in [0.5, 0.6) is 0 Å². The second-order valence-electron chi connectivity index (χ2n) is 2.23. The van der Waals surface area contributed by atoms with Crippen LogP contribution in [0.4, 0.5) is 0 Å². The van der Waals surface area contributed by atoms with Crippen LogP contribution in [-0.2, 0) is 17.7 Å². The van der Waals surface area contributed by atoms with Gasteiger partial charge in [0.05, 0.1) is 0 Å². The topological polar surface area (TPSA) is 36.9 Å². The maximum absolute atomic E-state index is 5.42. The fourth-order valence-electron chi connectivity index (χ4n) is 0.957. The molecule has 0 atom stereocenters. The van der Waals surface area contributed by atoms with E-state index in [-0.39, 0.29) is 25.9 Å². The zero-order valence-electron chi connectivity index (χ0n) is 11.7. The van der Waals surface area contributed by atoms with Gasteiger partial charge in [0.25, 0.3) is 0 Å². The fraction of sp³-hybridized carbons (Fsp3) is 1.00. The third-order valence-corrected chi connectivity index (χ3v) is 3.85. The number of hydrogen-bond donors (Lipinski definition) is 0. The Morgan fingerprint density at radius 1 is 0.714 bits per heavy atom. The standard InChI is InChI=1S/C8H20O4Si.Mg.2H/c1-5-9-13(10-6-2,11-7-3)12-8-4;;;/h5-8H2,1-4H3;;;/q;+2;2*-1. The minimum atomic E-state index is -2.80. The summed E-state index contributed by atoms with van der Waals surface area (Å²) in [4.78, 5) is 0. The fourth-order valence-corrected chi connectivity index (χ4v) is 2.87. The predicted molar refractivity (Wildman–Crippen MR) is 60.2 cm³/mol. The van der Waals surface area contributed by atoms with Crippen LogP contribution in [0.25, 0.3) is 0 Å². The Kier molecular flexibility index (Phi) is 12.7. The van der Waals surface area contributed by atoms with Crippen LogP contribution in [-0.4, -0.2) is 58.5 Å². The molecule has 14 heavy (non-hydrogen) atoms. The summed E-state index contributed by atoms with van der Waals surface area (Å²) < 4.78 is 21.7. The van der Waals surface area contributed by atoms with Gasteiger partial charge in [-0.05, 0) is 27.7 Å². The zero-order chi connectivity index (χ0) is 10.2. The van der Waals surface area contributed by atoms with Crippen molar-refractivity contribution in [1.82, 2.24) is 0 Å². The van der Waals surface area contributed by atoms with Gasteiger partial charge in [-0.1, -0.05) is 0 Å². The van der Waals surface area contributed by atoms with Crippen molar-refractivity contribution in [3.05, 3.63) is 0 Å². The molecule has 0 saturated carbocycles. The molecule has 0 rings (SSSR count). The van der Waals surface area contributed by atoms with E-state index in [9.17, 15) is 0 Å². The van der Waals surface area contributed by atoms with Gasteiger partial charge in [0.15, 0.2) is 0 Å². The van der Waals surface area contributed by atoms with Crippen LogP contribution in [0, 0.1) is 0 Å². The summed E-state index contributed by atoms with van der Waals surface area (Å²) in [6.45, 7) is 9.80. The van der Waals surface area contributed by atoms with Gasteiger partial charge in [-0.15, -0.1) is 0 Å². The van der Waals surface area contributed by atoms with Gasteiger partial charge in [0.1, 0.15) is 0 Å². The van der Waals surface area contributed by atoms with E-state index >= 15 is 0 Å². The van der Waals surface area contributed by atoms with Crippen LogP contribution < -0.4 is 0 Å². The quantitative estimate of drug-likeness (QED) is 0.595. The molecular formula is C8H22MgO4Si. The second kappa shape index (κ2) is 10.3. The van der Waals surface area contributed by atoms with Gasteiger partial charge in [-0.25, -0.2) is 0 Å². The zero-order valence-corrected chi connectivity index (χ0v) is 12.1. The van der Waals surface area contributed by atoms with Gasteiger partial charge in [0.2, 0.25) is 0 Å². The molecule has 0 bridgehead atoms. The summed E-state index contributed by atoms with van der Waals surface area (Å²) in [6.07, 6.45) is 0. The first-order valence-corrected chi connectivity index (χ1v) is 6.43. The average molecular weight is 235 g/mol. The summed E-state index contributed by atoms with van der Waals surface area (Å²) in [5.74, 6) is 0. The molecule has 6 heteroatoms. The molecule has 0 saturated heterocycles. The Bertz CT molecular complexity index is 105. The molecule has 0 aliphatic carbocycles. The van der Waals surface area contributed by atoms with Crippen molar-refractivity contribution in [2.75, 3.05) is 26.4 Å². The molecule has 0 aromatic heterocycles.